The van der Waals surface area contributed by atoms with Crippen LogP contribution in [0.15, 0.2) is 18.5 Å². The Kier molecular flexibility index (Phi) is 4.90. The van der Waals surface area contributed by atoms with Gasteiger partial charge in [0.15, 0.2) is 0 Å². The molecule has 0 amide bonds. The maximum Gasteiger partial charge on any atom is 0.282 e. The second-order valence-electron chi connectivity index (χ2n) is 4.91. The van der Waals surface area contributed by atoms with Crippen LogP contribution < -0.4 is 5.73 Å². The predicted molar refractivity (Wildman–Crippen MR) is 78.7 cm³/mol. The van der Waals surface area contributed by atoms with Gasteiger partial charge in [0.2, 0.25) is 0 Å². The van der Waals surface area contributed by atoms with E-state index < -0.39 is 6.43 Å². The van der Waals surface area contributed by atoms with Gasteiger partial charge < -0.3 is 5.73 Å². The highest BCUT2D eigenvalue weighted by Gasteiger charge is 2.28. The van der Waals surface area contributed by atoms with Crippen LogP contribution in [0.1, 0.15) is 29.7 Å². The molecule has 7 heteroatoms. The summed E-state index contributed by atoms with van der Waals surface area (Å²) in [6, 6.07) is 1.88. The third kappa shape index (κ3) is 2.78. The van der Waals surface area contributed by atoms with Crippen molar-refractivity contribution in [2.24, 2.45) is 5.73 Å². The first-order chi connectivity index (χ1) is 9.72. The fraction of sp³-hybridized carbons (Fsp3) is 0.429. The third-order valence-corrected chi connectivity index (χ3v) is 3.67. The van der Waals surface area contributed by atoms with Crippen LogP contribution in [-0.2, 0) is 19.4 Å². The van der Waals surface area contributed by atoms with Crippen LogP contribution in [0.2, 0.25) is 0 Å². The van der Waals surface area contributed by atoms with Gasteiger partial charge in [-0.05, 0) is 37.4 Å². The Morgan fingerprint density at radius 1 is 1.33 bits per heavy atom. The zero-order valence-electron chi connectivity index (χ0n) is 11.4. The highest BCUT2D eigenvalue weighted by molar-refractivity contribution is 5.85. The van der Waals surface area contributed by atoms with E-state index in [9.17, 15) is 8.78 Å². The molecule has 0 fully saturated rings. The second-order valence-corrected chi connectivity index (χ2v) is 4.91. The number of halogens is 3. The Balaban J connectivity index is 0.00000161. The zero-order valence-corrected chi connectivity index (χ0v) is 12.2. The van der Waals surface area contributed by atoms with Gasteiger partial charge in [0.25, 0.3) is 6.43 Å². The van der Waals surface area contributed by atoms with Crippen LogP contribution in [0.4, 0.5) is 8.78 Å². The van der Waals surface area contributed by atoms with Gasteiger partial charge in [-0.1, -0.05) is 0 Å². The summed E-state index contributed by atoms with van der Waals surface area (Å²) in [5.41, 5.74) is 8.99. The molecule has 0 saturated carbocycles. The molecule has 21 heavy (non-hydrogen) atoms. The Labute approximate surface area is 127 Å². The van der Waals surface area contributed by atoms with E-state index >= 15 is 0 Å². The van der Waals surface area contributed by atoms with Crippen molar-refractivity contribution < 1.29 is 8.78 Å². The van der Waals surface area contributed by atoms with Crippen molar-refractivity contribution in [3.8, 4) is 11.3 Å². The molecule has 114 valence electrons. The van der Waals surface area contributed by atoms with Crippen LogP contribution in [0.3, 0.4) is 0 Å². The van der Waals surface area contributed by atoms with E-state index in [0.717, 1.165) is 29.7 Å². The predicted octanol–water partition coefficient (Wildman–Crippen LogP) is 2.75. The smallest absolute Gasteiger partial charge is 0.282 e. The van der Waals surface area contributed by atoms with E-state index in [4.69, 9.17) is 5.73 Å². The summed E-state index contributed by atoms with van der Waals surface area (Å²) in [4.78, 5) is 4.11. The minimum Gasteiger partial charge on any atom is -0.330 e. The fourth-order valence-electron chi connectivity index (χ4n) is 2.76. The molecule has 0 unspecified atom stereocenters. The Hall–Kier alpha value is -1.53. The van der Waals surface area contributed by atoms with Crippen molar-refractivity contribution in [3.63, 3.8) is 0 Å². The van der Waals surface area contributed by atoms with Crippen LogP contribution >= 0.6 is 12.4 Å². The summed E-state index contributed by atoms with van der Waals surface area (Å²) in [5.74, 6) is 0. The number of aryl methyl sites for hydroxylation is 2. The van der Waals surface area contributed by atoms with Gasteiger partial charge in [-0.25, -0.2) is 8.78 Å². The SMILES string of the molecule is Cl.NCCCn1nc(C(F)F)c2c1-c1ccncc1CC2. The van der Waals surface area contributed by atoms with E-state index in [0.29, 0.717) is 25.1 Å². The molecule has 1 aliphatic rings. The molecule has 2 aromatic heterocycles. The summed E-state index contributed by atoms with van der Waals surface area (Å²) in [6.45, 7) is 1.08. The zero-order chi connectivity index (χ0) is 14.1. The summed E-state index contributed by atoms with van der Waals surface area (Å²) in [5, 5.41) is 4.12. The van der Waals surface area contributed by atoms with Gasteiger partial charge in [0, 0.05) is 30.1 Å². The molecule has 2 N–H and O–H groups in total. The van der Waals surface area contributed by atoms with Crippen LogP contribution in [0.25, 0.3) is 11.3 Å². The molecule has 1 aliphatic carbocycles. The molecule has 0 atom stereocenters. The lowest BCUT2D eigenvalue weighted by atomic mass is 9.90. The standard InChI is InChI=1S/C14H16F2N4.ClH/c15-14(16)12-11-3-2-9-8-18-6-4-10(9)13(11)20(19-12)7-1-5-17;/h4,6,8,14H,1-3,5,7,17H2;1H. The summed E-state index contributed by atoms with van der Waals surface area (Å²) in [6.07, 6.45) is 3.01. The number of nitrogens with two attached hydrogens (primary N) is 1. The number of rotatable bonds is 4. The molecule has 2 aromatic rings. The van der Waals surface area contributed by atoms with Crippen molar-refractivity contribution in [3.05, 3.63) is 35.3 Å². The molecular formula is C14H17ClF2N4. The number of nitrogens with zero attached hydrogens (tertiary/aromatic N) is 3. The Morgan fingerprint density at radius 2 is 2.14 bits per heavy atom. The highest BCUT2D eigenvalue weighted by atomic mass is 35.5. The van der Waals surface area contributed by atoms with Crippen molar-refractivity contribution in [2.45, 2.75) is 32.2 Å². The van der Waals surface area contributed by atoms with Crippen LogP contribution in [-0.4, -0.2) is 21.3 Å². The molecule has 2 heterocycles. The number of hydrogen-bond donors (Lipinski definition) is 1. The van der Waals surface area contributed by atoms with E-state index in [-0.39, 0.29) is 18.1 Å². The molecular weight excluding hydrogens is 298 g/mol. The normalized spacial score (nSPS) is 12.8. The molecule has 3 rings (SSSR count). The lowest BCUT2D eigenvalue weighted by Crippen LogP contribution is -2.11. The molecule has 0 radical (unpaired) electrons. The maximum atomic E-state index is 13.2. The van der Waals surface area contributed by atoms with Gasteiger partial charge in [-0.3, -0.25) is 9.67 Å². The topological polar surface area (TPSA) is 56.7 Å². The minimum absolute atomic E-state index is 0. The molecule has 0 spiro atoms. The second kappa shape index (κ2) is 6.49. The quantitative estimate of drug-likeness (QED) is 0.944. The van der Waals surface area contributed by atoms with E-state index in [1.165, 1.54) is 0 Å². The maximum absolute atomic E-state index is 13.2. The van der Waals surface area contributed by atoms with Crippen molar-refractivity contribution in [2.75, 3.05) is 6.54 Å². The average Bonchev–Trinajstić information content (AvgIpc) is 2.84. The number of alkyl halides is 2. The van der Waals surface area contributed by atoms with Gasteiger partial charge in [0.1, 0.15) is 5.69 Å². The lowest BCUT2D eigenvalue weighted by Gasteiger charge is -2.18. The number of fused-ring (bicyclic) bond motifs is 3. The largest absolute Gasteiger partial charge is 0.330 e. The van der Waals surface area contributed by atoms with Gasteiger partial charge in [-0.15, -0.1) is 12.4 Å². The first-order valence-electron chi connectivity index (χ1n) is 6.73. The number of hydrogen-bond acceptors (Lipinski definition) is 3. The van der Waals surface area contributed by atoms with Crippen LogP contribution in [0, 0.1) is 0 Å². The third-order valence-electron chi connectivity index (χ3n) is 3.67. The Morgan fingerprint density at radius 3 is 2.86 bits per heavy atom. The van der Waals surface area contributed by atoms with E-state index in [1.807, 2.05) is 6.07 Å². The minimum atomic E-state index is -2.54. The molecule has 0 saturated heterocycles. The number of aromatic nitrogens is 3. The van der Waals surface area contributed by atoms with E-state index in [2.05, 4.69) is 10.1 Å². The van der Waals surface area contributed by atoms with Gasteiger partial charge in [-0.2, -0.15) is 5.10 Å². The van der Waals surface area contributed by atoms with E-state index in [1.54, 1.807) is 17.1 Å². The molecule has 0 aliphatic heterocycles. The van der Waals surface area contributed by atoms with Crippen LogP contribution in [0.5, 0.6) is 0 Å². The monoisotopic (exact) mass is 314 g/mol. The van der Waals surface area contributed by atoms with Crippen molar-refractivity contribution in [1.82, 2.24) is 14.8 Å². The molecule has 0 aromatic carbocycles. The summed E-state index contributed by atoms with van der Waals surface area (Å²) in [7, 11) is 0. The molecule has 4 nitrogen and oxygen atoms in total. The fourth-order valence-corrected chi connectivity index (χ4v) is 2.76. The summed E-state index contributed by atoms with van der Waals surface area (Å²) < 4.78 is 28.0. The summed E-state index contributed by atoms with van der Waals surface area (Å²) >= 11 is 0. The van der Waals surface area contributed by atoms with Crippen molar-refractivity contribution in [1.29, 1.82) is 0 Å². The highest BCUT2D eigenvalue weighted by Crippen LogP contribution is 2.37. The first kappa shape index (κ1) is 15.9. The average molecular weight is 315 g/mol. The molecule has 0 bridgehead atoms. The van der Waals surface area contributed by atoms with Crippen molar-refractivity contribution >= 4 is 12.4 Å². The van der Waals surface area contributed by atoms with Gasteiger partial charge in [0.05, 0.1) is 5.69 Å². The first-order valence-corrected chi connectivity index (χ1v) is 6.73. The lowest BCUT2D eigenvalue weighted by molar-refractivity contribution is 0.144. The number of pyridine rings is 1. The Bertz CT molecular complexity index is 627. The van der Waals surface area contributed by atoms with Gasteiger partial charge >= 0.3 is 0 Å².